The summed E-state index contributed by atoms with van der Waals surface area (Å²) in [6.45, 7) is 3.26. The minimum Gasteiger partial charge on any atom is -0.480 e. The second-order valence-electron chi connectivity index (χ2n) is 8.20. The van der Waals surface area contributed by atoms with Crippen molar-refractivity contribution in [3.63, 3.8) is 0 Å². The van der Waals surface area contributed by atoms with E-state index in [1.165, 1.54) is 18.4 Å². The smallest absolute Gasteiger partial charge is 0.317 e. The predicted octanol–water partition coefficient (Wildman–Crippen LogP) is 2.98. The molecule has 0 aromatic heterocycles. The number of piperidine rings is 2. The minimum atomic E-state index is -0.783. The van der Waals surface area contributed by atoms with Crippen LogP contribution in [0.3, 0.4) is 0 Å². The van der Waals surface area contributed by atoms with Gasteiger partial charge in [-0.3, -0.25) is 9.69 Å². The highest BCUT2D eigenvalue weighted by atomic mass is 16.4. The van der Waals surface area contributed by atoms with Crippen LogP contribution in [0.15, 0.2) is 30.3 Å². The van der Waals surface area contributed by atoms with E-state index in [4.69, 9.17) is 5.11 Å². The van der Waals surface area contributed by atoms with Crippen molar-refractivity contribution >= 4 is 12.0 Å². The lowest BCUT2D eigenvalue weighted by molar-refractivity contribution is -0.138. The molecule has 0 saturated carbocycles. The molecule has 0 spiro atoms. The molecule has 6 nitrogen and oxygen atoms in total. The van der Waals surface area contributed by atoms with Gasteiger partial charge in [0.2, 0.25) is 0 Å². The molecule has 3 rings (SSSR count). The fraction of sp³-hybridized carbons (Fsp3) is 0.636. The molecule has 2 fully saturated rings. The molecule has 0 atom stereocenters. The van der Waals surface area contributed by atoms with E-state index in [0.717, 1.165) is 64.2 Å². The van der Waals surface area contributed by atoms with E-state index in [-0.39, 0.29) is 18.6 Å². The number of rotatable bonds is 7. The quantitative estimate of drug-likeness (QED) is 0.754. The minimum absolute atomic E-state index is 0.0550. The van der Waals surface area contributed by atoms with Crippen LogP contribution in [0.2, 0.25) is 0 Å². The van der Waals surface area contributed by atoms with Gasteiger partial charge in [0.25, 0.3) is 0 Å². The molecule has 2 aliphatic rings. The van der Waals surface area contributed by atoms with Gasteiger partial charge in [-0.15, -0.1) is 0 Å². The Hall–Kier alpha value is -2.08. The number of urea groups is 1. The molecule has 2 aliphatic heterocycles. The van der Waals surface area contributed by atoms with Crippen LogP contribution in [-0.2, 0) is 11.2 Å². The van der Waals surface area contributed by atoms with Crippen molar-refractivity contribution in [1.29, 1.82) is 0 Å². The van der Waals surface area contributed by atoms with Gasteiger partial charge in [-0.25, -0.2) is 4.79 Å². The normalized spacial score (nSPS) is 19.5. The molecule has 1 aromatic rings. The van der Waals surface area contributed by atoms with Crippen molar-refractivity contribution in [2.45, 2.75) is 51.0 Å². The Morgan fingerprint density at radius 1 is 1.00 bits per heavy atom. The summed E-state index contributed by atoms with van der Waals surface area (Å²) in [4.78, 5) is 27.2. The number of carboxylic acids is 1. The molecule has 0 unspecified atom stereocenters. The molecule has 6 heteroatoms. The molecular weight excluding hydrogens is 354 g/mol. The molecule has 154 valence electrons. The number of aliphatic carboxylic acids is 1. The van der Waals surface area contributed by atoms with Gasteiger partial charge in [0.1, 0.15) is 0 Å². The van der Waals surface area contributed by atoms with Gasteiger partial charge in [-0.2, -0.15) is 0 Å². The third-order valence-corrected chi connectivity index (χ3v) is 6.10. The number of carbonyl (C=O) groups excluding carboxylic acids is 1. The highest BCUT2D eigenvalue weighted by molar-refractivity contribution is 5.74. The van der Waals surface area contributed by atoms with E-state index in [1.54, 1.807) is 0 Å². The number of likely N-dealkylation sites (tertiary alicyclic amines) is 2. The zero-order chi connectivity index (χ0) is 19.8. The van der Waals surface area contributed by atoms with E-state index in [1.807, 2.05) is 9.80 Å². The van der Waals surface area contributed by atoms with Crippen LogP contribution < -0.4 is 5.32 Å². The second-order valence-corrected chi connectivity index (χ2v) is 8.20. The number of aryl methyl sites for hydroxylation is 1. The average Bonchev–Trinajstić information content (AvgIpc) is 2.70. The number of carbonyl (C=O) groups is 2. The highest BCUT2D eigenvalue weighted by Crippen LogP contribution is 2.23. The summed E-state index contributed by atoms with van der Waals surface area (Å²) in [5.74, 6) is -0.0545. The van der Waals surface area contributed by atoms with Gasteiger partial charge in [0, 0.05) is 32.2 Å². The summed E-state index contributed by atoms with van der Waals surface area (Å²) in [6, 6.07) is 10.9. The van der Waals surface area contributed by atoms with Crippen LogP contribution in [0.4, 0.5) is 4.79 Å². The van der Waals surface area contributed by atoms with Gasteiger partial charge < -0.3 is 15.3 Å². The highest BCUT2D eigenvalue weighted by Gasteiger charge is 2.26. The van der Waals surface area contributed by atoms with Crippen molar-refractivity contribution in [3.8, 4) is 0 Å². The van der Waals surface area contributed by atoms with E-state index in [2.05, 4.69) is 35.6 Å². The number of nitrogens with one attached hydrogen (secondary N) is 1. The molecule has 0 aliphatic carbocycles. The maximum absolute atomic E-state index is 12.5. The molecule has 2 heterocycles. The summed E-state index contributed by atoms with van der Waals surface area (Å²) in [7, 11) is 0. The van der Waals surface area contributed by atoms with Gasteiger partial charge >= 0.3 is 12.0 Å². The van der Waals surface area contributed by atoms with Crippen LogP contribution in [-0.4, -0.2) is 65.7 Å². The van der Waals surface area contributed by atoms with Crippen LogP contribution in [0, 0.1) is 5.92 Å². The standard InChI is InChI=1S/C22H33N3O3/c26-21(27)17-24-13-11-20(12-14-24)23-22(28)25-15-9-19(10-16-25)8-4-7-18-5-2-1-3-6-18/h1-3,5-6,19-20H,4,7-17H2,(H,23,28)(H,26,27). The third kappa shape index (κ3) is 6.51. The van der Waals surface area contributed by atoms with E-state index >= 15 is 0 Å². The molecule has 0 bridgehead atoms. The molecular formula is C22H33N3O3. The first-order valence-electron chi connectivity index (χ1n) is 10.6. The number of nitrogens with zero attached hydrogens (tertiary/aromatic N) is 2. The van der Waals surface area contributed by atoms with Crippen LogP contribution >= 0.6 is 0 Å². The Morgan fingerprint density at radius 3 is 2.32 bits per heavy atom. The van der Waals surface area contributed by atoms with Crippen LogP contribution in [0.25, 0.3) is 0 Å². The van der Waals surface area contributed by atoms with Gasteiger partial charge in [0.15, 0.2) is 0 Å². The summed E-state index contributed by atoms with van der Waals surface area (Å²) < 4.78 is 0. The van der Waals surface area contributed by atoms with Crippen molar-refractivity contribution in [1.82, 2.24) is 15.1 Å². The van der Waals surface area contributed by atoms with E-state index < -0.39 is 5.97 Å². The monoisotopic (exact) mass is 387 g/mol. The first-order chi connectivity index (χ1) is 13.6. The zero-order valence-corrected chi connectivity index (χ0v) is 16.7. The zero-order valence-electron chi connectivity index (χ0n) is 16.7. The van der Waals surface area contributed by atoms with Gasteiger partial charge in [-0.05, 0) is 56.4 Å². The Kier molecular flexibility index (Phi) is 7.71. The first-order valence-corrected chi connectivity index (χ1v) is 10.6. The third-order valence-electron chi connectivity index (χ3n) is 6.10. The summed E-state index contributed by atoms with van der Waals surface area (Å²) >= 11 is 0. The number of benzene rings is 1. The second kappa shape index (κ2) is 10.5. The number of carboxylic acid groups (broad SMARTS) is 1. The average molecular weight is 388 g/mol. The molecule has 2 amide bonds. The van der Waals surface area contributed by atoms with Crippen LogP contribution in [0.5, 0.6) is 0 Å². The number of hydrogen-bond acceptors (Lipinski definition) is 3. The maximum Gasteiger partial charge on any atom is 0.317 e. The van der Waals surface area contributed by atoms with Crippen molar-refractivity contribution in [2.24, 2.45) is 5.92 Å². The molecule has 1 aromatic carbocycles. The SMILES string of the molecule is O=C(O)CN1CCC(NC(=O)N2CCC(CCCc3ccccc3)CC2)CC1. The van der Waals surface area contributed by atoms with Gasteiger partial charge in [0.05, 0.1) is 6.54 Å². The Bertz CT molecular complexity index is 621. The molecule has 2 saturated heterocycles. The summed E-state index contributed by atoms with van der Waals surface area (Å²) in [6.07, 6.45) is 7.45. The Morgan fingerprint density at radius 2 is 1.68 bits per heavy atom. The van der Waals surface area contributed by atoms with E-state index in [9.17, 15) is 9.59 Å². The largest absolute Gasteiger partial charge is 0.480 e. The first kappa shape index (κ1) is 20.6. The number of hydrogen-bond donors (Lipinski definition) is 2. The topological polar surface area (TPSA) is 72.9 Å². The van der Waals surface area contributed by atoms with E-state index in [0.29, 0.717) is 0 Å². The van der Waals surface area contributed by atoms with Gasteiger partial charge in [-0.1, -0.05) is 30.3 Å². The lowest BCUT2D eigenvalue weighted by Gasteiger charge is -2.35. The fourth-order valence-corrected chi connectivity index (χ4v) is 4.36. The van der Waals surface area contributed by atoms with Crippen molar-refractivity contribution < 1.29 is 14.7 Å². The molecule has 28 heavy (non-hydrogen) atoms. The molecule has 0 radical (unpaired) electrons. The lowest BCUT2D eigenvalue weighted by Crippen LogP contribution is -2.51. The predicted molar refractivity (Wildman–Crippen MR) is 109 cm³/mol. The molecule has 2 N–H and O–H groups in total. The summed E-state index contributed by atoms with van der Waals surface area (Å²) in [5, 5.41) is 12.0. The number of amides is 2. The van der Waals surface area contributed by atoms with Crippen molar-refractivity contribution in [3.05, 3.63) is 35.9 Å². The lowest BCUT2D eigenvalue weighted by atomic mass is 9.91. The summed E-state index contributed by atoms with van der Waals surface area (Å²) in [5.41, 5.74) is 1.41. The fourth-order valence-electron chi connectivity index (χ4n) is 4.36. The van der Waals surface area contributed by atoms with Crippen molar-refractivity contribution in [2.75, 3.05) is 32.7 Å². The Balaban J connectivity index is 1.30. The van der Waals surface area contributed by atoms with Crippen LogP contribution in [0.1, 0.15) is 44.1 Å². The Labute approximate surface area is 167 Å². The maximum atomic E-state index is 12.5.